The monoisotopic (exact) mass is 216 g/mol. The normalized spacial score (nSPS) is 18.2. The van der Waals surface area contributed by atoms with Gasteiger partial charge in [0.05, 0.1) is 6.42 Å². The Morgan fingerprint density at radius 1 is 1.38 bits per heavy atom. The van der Waals surface area contributed by atoms with E-state index in [9.17, 15) is 4.79 Å². The Balaban J connectivity index is 2.16. The summed E-state index contributed by atoms with van der Waals surface area (Å²) in [6, 6.07) is 10.1. The fourth-order valence-electron chi connectivity index (χ4n) is 2.10. The van der Waals surface area contributed by atoms with Gasteiger partial charge in [-0.25, -0.2) is 0 Å². The Bertz CT molecular complexity index is 414. The third kappa shape index (κ3) is 2.32. The molecule has 0 saturated heterocycles. The highest BCUT2D eigenvalue weighted by Crippen LogP contribution is 2.54. The van der Waals surface area contributed by atoms with Crippen molar-refractivity contribution in [1.29, 1.82) is 0 Å². The molecule has 1 fully saturated rings. The summed E-state index contributed by atoms with van der Waals surface area (Å²) in [4.78, 5) is 10.8. The zero-order chi connectivity index (χ0) is 11.6. The Labute approximate surface area is 95.6 Å². The van der Waals surface area contributed by atoms with E-state index in [-0.39, 0.29) is 11.8 Å². The topological polar surface area (TPSA) is 37.3 Å². The van der Waals surface area contributed by atoms with Gasteiger partial charge in [-0.3, -0.25) is 4.79 Å². The highest BCUT2D eigenvalue weighted by molar-refractivity contribution is 5.70. The van der Waals surface area contributed by atoms with Gasteiger partial charge in [-0.1, -0.05) is 42.0 Å². The predicted molar refractivity (Wildman–Crippen MR) is 64.0 cm³/mol. The summed E-state index contributed by atoms with van der Waals surface area (Å²) in [5.74, 6) is -0.696. The van der Waals surface area contributed by atoms with E-state index < -0.39 is 5.97 Å². The molecule has 0 aromatic heterocycles. The maximum atomic E-state index is 10.8. The first-order valence-corrected chi connectivity index (χ1v) is 5.58. The van der Waals surface area contributed by atoms with Gasteiger partial charge in [0, 0.05) is 5.41 Å². The Morgan fingerprint density at radius 2 is 2.00 bits per heavy atom. The zero-order valence-electron chi connectivity index (χ0n) is 9.44. The SMILES string of the molecule is C/C(=C/c1ccccc1)C1(CC(=O)O)CC1. The number of hydrogen-bond donors (Lipinski definition) is 1. The molecule has 0 heterocycles. The van der Waals surface area contributed by atoms with Crippen molar-refractivity contribution in [3.8, 4) is 0 Å². The first kappa shape index (κ1) is 10.9. The standard InChI is InChI=1S/C14H16O2/c1-11(9-12-5-3-2-4-6-12)14(7-8-14)10-13(15)16/h2-6,9H,7-8,10H2,1H3,(H,15,16)/b11-9-. The summed E-state index contributed by atoms with van der Waals surface area (Å²) in [5.41, 5.74) is 2.29. The van der Waals surface area contributed by atoms with Crippen molar-refractivity contribution >= 4 is 12.0 Å². The van der Waals surface area contributed by atoms with Crippen LogP contribution in [0.5, 0.6) is 0 Å². The molecule has 0 atom stereocenters. The minimum atomic E-state index is -0.696. The van der Waals surface area contributed by atoms with Crippen molar-refractivity contribution in [1.82, 2.24) is 0 Å². The summed E-state index contributed by atoms with van der Waals surface area (Å²) < 4.78 is 0. The fraction of sp³-hybridized carbons (Fsp3) is 0.357. The van der Waals surface area contributed by atoms with Crippen LogP contribution in [-0.2, 0) is 4.79 Å². The molecule has 0 spiro atoms. The molecule has 1 aliphatic carbocycles. The summed E-state index contributed by atoms with van der Waals surface area (Å²) in [5, 5.41) is 8.88. The van der Waals surface area contributed by atoms with Crippen LogP contribution in [0.4, 0.5) is 0 Å². The predicted octanol–water partition coefficient (Wildman–Crippen LogP) is 3.34. The highest BCUT2D eigenvalue weighted by Gasteiger charge is 2.45. The molecule has 2 nitrogen and oxygen atoms in total. The van der Waals surface area contributed by atoms with E-state index in [4.69, 9.17) is 5.11 Å². The molecule has 0 unspecified atom stereocenters. The Morgan fingerprint density at radius 3 is 2.50 bits per heavy atom. The number of allylic oxidation sites excluding steroid dienone is 1. The molecule has 16 heavy (non-hydrogen) atoms. The molecule has 0 amide bonds. The van der Waals surface area contributed by atoms with E-state index in [2.05, 4.69) is 6.08 Å². The van der Waals surface area contributed by atoms with Crippen molar-refractivity contribution < 1.29 is 9.90 Å². The number of carboxylic acid groups (broad SMARTS) is 1. The molecule has 1 aromatic rings. The van der Waals surface area contributed by atoms with Gasteiger partial charge in [0.25, 0.3) is 0 Å². The average Bonchev–Trinajstić information content (AvgIpc) is 2.99. The lowest BCUT2D eigenvalue weighted by Crippen LogP contribution is -2.09. The fourth-order valence-corrected chi connectivity index (χ4v) is 2.10. The minimum absolute atomic E-state index is 0.0539. The van der Waals surface area contributed by atoms with E-state index in [1.165, 1.54) is 5.57 Å². The average molecular weight is 216 g/mol. The molecule has 2 heteroatoms. The van der Waals surface area contributed by atoms with Crippen LogP contribution in [0.25, 0.3) is 6.08 Å². The minimum Gasteiger partial charge on any atom is -0.481 e. The van der Waals surface area contributed by atoms with Crippen LogP contribution >= 0.6 is 0 Å². The van der Waals surface area contributed by atoms with E-state index in [1.54, 1.807) is 0 Å². The van der Waals surface area contributed by atoms with Crippen LogP contribution in [0, 0.1) is 5.41 Å². The molecule has 0 radical (unpaired) electrons. The molecule has 1 N–H and O–H groups in total. The summed E-state index contributed by atoms with van der Waals surface area (Å²) >= 11 is 0. The Hall–Kier alpha value is -1.57. The smallest absolute Gasteiger partial charge is 0.304 e. The second-order valence-corrected chi connectivity index (χ2v) is 4.59. The van der Waals surface area contributed by atoms with E-state index >= 15 is 0 Å². The lowest BCUT2D eigenvalue weighted by molar-refractivity contribution is -0.138. The van der Waals surface area contributed by atoms with Crippen LogP contribution in [0.1, 0.15) is 31.7 Å². The van der Waals surface area contributed by atoms with Gasteiger partial charge >= 0.3 is 5.97 Å². The molecule has 1 aliphatic rings. The first-order chi connectivity index (χ1) is 7.62. The zero-order valence-corrected chi connectivity index (χ0v) is 9.44. The molecule has 0 aliphatic heterocycles. The van der Waals surface area contributed by atoms with Gasteiger partial charge in [-0.2, -0.15) is 0 Å². The highest BCUT2D eigenvalue weighted by atomic mass is 16.4. The quantitative estimate of drug-likeness (QED) is 0.838. The van der Waals surface area contributed by atoms with Crippen LogP contribution in [0.3, 0.4) is 0 Å². The number of carboxylic acids is 1. The van der Waals surface area contributed by atoms with Gasteiger partial charge in [0.1, 0.15) is 0 Å². The van der Waals surface area contributed by atoms with Crippen molar-refractivity contribution in [3.63, 3.8) is 0 Å². The lowest BCUT2D eigenvalue weighted by atomic mass is 9.92. The molecule has 84 valence electrons. The third-order valence-corrected chi connectivity index (χ3v) is 3.36. The summed E-state index contributed by atoms with van der Waals surface area (Å²) in [6.45, 7) is 2.04. The number of benzene rings is 1. The number of carbonyl (C=O) groups is 1. The number of hydrogen-bond acceptors (Lipinski definition) is 1. The van der Waals surface area contributed by atoms with E-state index in [0.29, 0.717) is 0 Å². The third-order valence-electron chi connectivity index (χ3n) is 3.36. The van der Waals surface area contributed by atoms with Crippen LogP contribution in [-0.4, -0.2) is 11.1 Å². The van der Waals surface area contributed by atoms with E-state index in [0.717, 1.165) is 18.4 Å². The summed E-state index contributed by atoms with van der Waals surface area (Å²) in [6.07, 6.45) is 4.39. The van der Waals surface area contributed by atoms with Gasteiger partial charge in [0.15, 0.2) is 0 Å². The van der Waals surface area contributed by atoms with Gasteiger partial charge in [-0.05, 0) is 25.3 Å². The second-order valence-electron chi connectivity index (χ2n) is 4.59. The maximum absolute atomic E-state index is 10.8. The molecule has 1 aromatic carbocycles. The molecule has 2 rings (SSSR count). The number of aliphatic carboxylic acids is 1. The van der Waals surface area contributed by atoms with Crippen molar-refractivity contribution in [2.45, 2.75) is 26.2 Å². The van der Waals surface area contributed by atoms with Gasteiger partial charge in [-0.15, -0.1) is 0 Å². The largest absolute Gasteiger partial charge is 0.481 e. The van der Waals surface area contributed by atoms with E-state index in [1.807, 2.05) is 37.3 Å². The molecular weight excluding hydrogens is 200 g/mol. The van der Waals surface area contributed by atoms with Crippen molar-refractivity contribution in [2.24, 2.45) is 5.41 Å². The first-order valence-electron chi connectivity index (χ1n) is 5.58. The maximum Gasteiger partial charge on any atom is 0.304 e. The molecule has 0 bridgehead atoms. The van der Waals surface area contributed by atoms with Crippen LogP contribution < -0.4 is 0 Å². The lowest BCUT2D eigenvalue weighted by Gasteiger charge is -2.13. The molecule has 1 saturated carbocycles. The second kappa shape index (κ2) is 4.12. The Kier molecular flexibility index (Phi) is 2.82. The summed E-state index contributed by atoms with van der Waals surface area (Å²) in [7, 11) is 0. The van der Waals surface area contributed by atoms with Crippen molar-refractivity contribution in [2.75, 3.05) is 0 Å². The van der Waals surface area contributed by atoms with Crippen LogP contribution in [0.15, 0.2) is 35.9 Å². The van der Waals surface area contributed by atoms with Crippen molar-refractivity contribution in [3.05, 3.63) is 41.5 Å². The molecular formula is C14H16O2. The van der Waals surface area contributed by atoms with Gasteiger partial charge < -0.3 is 5.11 Å². The number of rotatable bonds is 4. The van der Waals surface area contributed by atoms with Gasteiger partial charge in [0.2, 0.25) is 0 Å². The van der Waals surface area contributed by atoms with Crippen LogP contribution in [0.2, 0.25) is 0 Å².